The first-order valence-electron chi connectivity index (χ1n) is 4.48. The Kier molecular flexibility index (Phi) is 3.79. The maximum absolute atomic E-state index is 12.0. The topological polar surface area (TPSA) is 75.7 Å². The van der Waals surface area contributed by atoms with Crippen LogP contribution in [0.4, 0.5) is 13.2 Å². The molecule has 0 amide bonds. The molecule has 5 nitrogen and oxygen atoms in total. The molecule has 0 aliphatic rings. The zero-order valence-electron chi connectivity index (χ0n) is 8.91. The van der Waals surface area contributed by atoms with Gasteiger partial charge in [-0.2, -0.15) is 0 Å². The third-order valence-corrected chi connectivity index (χ3v) is 1.66. The van der Waals surface area contributed by atoms with Crippen LogP contribution in [0.5, 0.6) is 11.5 Å². The number of hydrogen-bond acceptors (Lipinski definition) is 5. The number of rotatable bonds is 3. The lowest BCUT2D eigenvalue weighted by Crippen LogP contribution is -2.23. The molecule has 8 heteroatoms. The fraction of sp³-hybridized carbons (Fsp3) is 0.200. The molecule has 1 rings (SSSR count). The van der Waals surface area contributed by atoms with Gasteiger partial charge in [0.05, 0.1) is 5.97 Å². The zero-order chi connectivity index (χ0) is 13.9. The predicted molar refractivity (Wildman–Crippen MR) is 48.8 cm³/mol. The third-order valence-electron chi connectivity index (χ3n) is 1.66. The van der Waals surface area contributed by atoms with E-state index in [2.05, 4.69) is 9.47 Å². The number of benzene rings is 1. The molecule has 0 bridgehead atoms. The highest BCUT2D eigenvalue weighted by Gasteiger charge is 2.32. The molecule has 18 heavy (non-hydrogen) atoms. The van der Waals surface area contributed by atoms with Crippen molar-refractivity contribution < 1.29 is 37.3 Å². The summed E-state index contributed by atoms with van der Waals surface area (Å²) >= 11 is 0. The van der Waals surface area contributed by atoms with Crippen LogP contribution in [-0.4, -0.2) is 18.3 Å². The lowest BCUT2D eigenvalue weighted by molar-refractivity contribution is -0.275. The molecule has 0 atom stereocenters. The molecule has 0 unspecified atom stereocenters. The summed E-state index contributed by atoms with van der Waals surface area (Å²) in [6.45, 7) is 0.947. The minimum atomic E-state index is -4.99. The maximum atomic E-state index is 12.0. The van der Waals surface area contributed by atoms with Gasteiger partial charge in [0.2, 0.25) is 0 Å². The van der Waals surface area contributed by atoms with Crippen molar-refractivity contribution in [2.45, 2.75) is 13.3 Å². The van der Waals surface area contributed by atoms with Crippen molar-refractivity contribution in [1.82, 2.24) is 0 Å². The highest BCUT2D eigenvalue weighted by molar-refractivity contribution is 5.87. The van der Waals surface area contributed by atoms with Gasteiger partial charge in [0.25, 0.3) is 0 Å². The minimum absolute atomic E-state index is 0.444. The van der Waals surface area contributed by atoms with Crippen LogP contribution >= 0.6 is 0 Å². The van der Waals surface area contributed by atoms with Crippen molar-refractivity contribution in [3.05, 3.63) is 23.8 Å². The molecular formula is C10H6F3O5-. The average Bonchev–Trinajstić information content (AvgIpc) is 2.17. The SMILES string of the molecule is CC(=O)Oc1cc(C(=O)[O-])ccc1OC(F)(F)F. The van der Waals surface area contributed by atoms with E-state index in [0.29, 0.717) is 6.07 Å². The van der Waals surface area contributed by atoms with Gasteiger partial charge in [-0.3, -0.25) is 4.79 Å². The Bertz CT molecular complexity index is 481. The number of carboxylic acids is 1. The van der Waals surface area contributed by atoms with Crippen LogP contribution in [0.25, 0.3) is 0 Å². The summed E-state index contributed by atoms with van der Waals surface area (Å²) < 4.78 is 44.1. The largest absolute Gasteiger partial charge is 0.573 e. The van der Waals surface area contributed by atoms with Crippen LogP contribution in [0.1, 0.15) is 17.3 Å². The summed E-state index contributed by atoms with van der Waals surface area (Å²) in [5, 5.41) is 10.5. The highest BCUT2D eigenvalue weighted by atomic mass is 19.4. The van der Waals surface area contributed by atoms with Gasteiger partial charge in [-0.05, 0) is 18.2 Å². The summed E-state index contributed by atoms with van der Waals surface area (Å²) in [6.07, 6.45) is -4.99. The van der Waals surface area contributed by atoms with Crippen LogP contribution in [-0.2, 0) is 4.79 Å². The Labute approximate surface area is 98.7 Å². The van der Waals surface area contributed by atoms with E-state index in [4.69, 9.17) is 0 Å². The lowest BCUT2D eigenvalue weighted by Gasteiger charge is -2.14. The zero-order valence-corrected chi connectivity index (χ0v) is 8.91. The molecule has 0 N–H and O–H groups in total. The van der Waals surface area contributed by atoms with Crippen molar-refractivity contribution in [3.63, 3.8) is 0 Å². The van der Waals surface area contributed by atoms with Crippen LogP contribution in [0.3, 0.4) is 0 Å². The summed E-state index contributed by atoms with van der Waals surface area (Å²) in [4.78, 5) is 21.2. The Morgan fingerprint density at radius 3 is 2.28 bits per heavy atom. The monoisotopic (exact) mass is 263 g/mol. The molecule has 0 spiro atoms. The number of carboxylic acid groups (broad SMARTS) is 1. The number of carbonyl (C=O) groups excluding carboxylic acids is 2. The normalized spacial score (nSPS) is 10.9. The Morgan fingerprint density at radius 1 is 1.22 bits per heavy atom. The minimum Gasteiger partial charge on any atom is -0.545 e. The first-order chi connectivity index (χ1) is 8.19. The van der Waals surface area contributed by atoms with Crippen LogP contribution < -0.4 is 14.6 Å². The Morgan fingerprint density at radius 2 is 1.83 bits per heavy atom. The molecule has 0 saturated heterocycles. The van der Waals surface area contributed by atoms with E-state index in [0.717, 1.165) is 19.1 Å². The quantitative estimate of drug-likeness (QED) is 0.597. The first-order valence-corrected chi connectivity index (χ1v) is 4.48. The number of aromatic carboxylic acids is 1. The first kappa shape index (κ1) is 13.8. The van der Waals surface area contributed by atoms with E-state index in [1.165, 1.54) is 0 Å². The summed E-state index contributed by atoms with van der Waals surface area (Å²) in [7, 11) is 0. The van der Waals surface area contributed by atoms with Crippen LogP contribution in [0.2, 0.25) is 0 Å². The van der Waals surface area contributed by atoms with E-state index >= 15 is 0 Å². The van der Waals surface area contributed by atoms with Gasteiger partial charge < -0.3 is 19.4 Å². The van der Waals surface area contributed by atoms with E-state index < -0.39 is 35.4 Å². The van der Waals surface area contributed by atoms with Gasteiger partial charge in [0.1, 0.15) is 0 Å². The fourth-order valence-corrected chi connectivity index (χ4v) is 1.08. The summed E-state index contributed by atoms with van der Waals surface area (Å²) in [6, 6.07) is 2.26. The molecule has 0 aliphatic carbocycles. The number of ether oxygens (including phenoxy) is 2. The molecule has 0 aromatic heterocycles. The molecule has 1 aromatic rings. The van der Waals surface area contributed by atoms with Gasteiger partial charge >= 0.3 is 12.3 Å². The number of alkyl halides is 3. The molecule has 0 heterocycles. The molecule has 0 saturated carbocycles. The van der Waals surface area contributed by atoms with E-state index in [1.807, 2.05) is 0 Å². The van der Waals surface area contributed by atoms with Crippen molar-refractivity contribution in [3.8, 4) is 11.5 Å². The predicted octanol–water partition coefficient (Wildman–Crippen LogP) is 0.874. The van der Waals surface area contributed by atoms with Gasteiger partial charge in [-0.15, -0.1) is 13.2 Å². The molecule has 0 radical (unpaired) electrons. The lowest BCUT2D eigenvalue weighted by atomic mass is 10.2. The van der Waals surface area contributed by atoms with Gasteiger partial charge in [-0.25, -0.2) is 0 Å². The third kappa shape index (κ3) is 3.96. The van der Waals surface area contributed by atoms with Gasteiger partial charge in [0.15, 0.2) is 11.5 Å². The molecule has 1 aromatic carbocycles. The number of esters is 1. The van der Waals surface area contributed by atoms with Crippen molar-refractivity contribution in [2.24, 2.45) is 0 Å². The van der Waals surface area contributed by atoms with Gasteiger partial charge in [-0.1, -0.05) is 0 Å². The van der Waals surface area contributed by atoms with Gasteiger partial charge in [0, 0.05) is 12.5 Å². The van der Waals surface area contributed by atoms with Crippen LogP contribution in [0, 0.1) is 0 Å². The van der Waals surface area contributed by atoms with Crippen molar-refractivity contribution in [2.75, 3.05) is 0 Å². The highest BCUT2D eigenvalue weighted by Crippen LogP contribution is 2.33. The van der Waals surface area contributed by atoms with E-state index in [9.17, 15) is 27.9 Å². The number of halogens is 3. The average molecular weight is 263 g/mol. The molecular weight excluding hydrogens is 257 g/mol. The van der Waals surface area contributed by atoms with Crippen molar-refractivity contribution in [1.29, 1.82) is 0 Å². The standard InChI is InChI=1S/C10H7F3O5/c1-5(14)17-8-4-6(9(15)16)2-3-7(8)18-10(11,12)13/h2-4H,1H3,(H,15,16)/p-1. The Balaban J connectivity index is 3.16. The molecule has 98 valence electrons. The second-order valence-corrected chi connectivity index (χ2v) is 3.09. The molecule has 0 aliphatic heterocycles. The Hall–Kier alpha value is -2.25. The van der Waals surface area contributed by atoms with Crippen LogP contribution in [0.15, 0.2) is 18.2 Å². The fourth-order valence-electron chi connectivity index (χ4n) is 1.08. The van der Waals surface area contributed by atoms with E-state index in [1.54, 1.807) is 0 Å². The smallest absolute Gasteiger partial charge is 0.545 e. The second kappa shape index (κ2) is 4.94. The second-order valence-electron chi connectivity index (χ2n) is 3.09. The maximum Gasteiger partial charge on any atom is 0.573 e. The number of carbonyl (C=O) groups is 2. The molecule has 0 fully saturated rings. The van der Waals surface area contributed by atoms with Crippen molar-refractivity contribution >= 4 is 11.9 Å². The summed E-state index contributed by atoms with van der Waals surface area (Å²) in [5.41, 5.74) is -0.444. The summed E-state index contributed by atoms with van der Waals surface area (Å²) in [5.74, 6) is -4.01. The number of hydrogen-bond donors (Lipinski definition) is 0. The van der Waals surface area contributed by atoms with E-state index in [-0.39, 0.29) is 0 Å².